The number of amides is 3. The zero-order valence-electron chi connectivity index (χ0n) is 31.7. The number of nitrogens with two attached hydrogens (primary N) is 3. The standard InChI is InChI=1S/3C10H21NO.C9H6O6/c3*1-2-3-4-5-6-7-8-9-10(11)12;10-7(11)4-1-5(8(12)13)3-6(2-4)9(14)15/h3*2-9H2,1H3,(H2,11,12);1-3H,(H,10,11)(H,12,13)(H,14,15). The minimum atomic E-state index is -1.37. The van der Waals surface area contributed by atoms with Gasteiger partial charge < -0.3 is 32.5 Å². The van der Waals surface area contributed by atoms with Gasteiger partial charge in [0.2, 0.25) is 17.7 Å². The fraction of sp³-hybridized carbons (Fsp3) is 0.692. The second-order valence-electron chi connectivity index (χ2n) is 12.7. The Balaban J connectivity index is -0.000000606. The quantitative estimate of drug-likeness (QED) is 0.0475. The number of carbonyl (C=O) groups excluding carboxylic acids is 3. The van der Waals surface area contributed by atoms with Crippen molar-refractivity contribution in [2.45, 2.75) is 175 Å². The molecule has 0 aliphatic heterocycles. The molecule has 0 aliphatic rings. The highest BCUT2D eigenvalue weighted by molar-refractivity contribution is 5.98. The smallest absolute Gasteiger partial charge is 0.335 e. The summed E-state index contributed by atoms with van der Waals surface area (Å²) in [5.41, 5.74) is 13.9. The average Bonchev–Trinajstić information content (AvgIpc) is 3.07. The van der Waals surface area contributed by atoms with Gasteiger partial charge in [0, 0.05) is 19.3 Å². The van der Waals surface area contributed by atoms with Crippen LogP contribution < -0.4 is 17.2 Å². The molecule has 294 valence electrons. The van der Waals surface area contributed by atoms with Crippen LogP contribution in [-0.2, 0) is 14.4 Å². The monoisotopic (exact) mass is 724 g/mol. The molecular weight excluding hydrogens is 654 g/mol. The van der Waals surface area contributed by atoms with Gasteiger partial charge >= 0.3 is 17.9 Å². The first-order valence-electron chi connectivity index (χ1n) is 18.9. The van der Waals surface area contributed by atoms with Gasteiger partial charge in [-0.25, -0.2) is 14.4 Å². The van der Waals surface area contributed by atoms with Crippen molar-refractivity contribution in [3.63, 3.8) is 0 Å². The van der Waals surface area contributed by atoms with Crippen molar-refractivity contribution < 1.29 is 44.1 Å². The summed E-state index contributed by atoms with van der Waals surface area (Å²) >= 11 is 0. The lowest BCUT2D eigenvalue weighted by Gasteiger charge is -2.00. The number of carboxylic acid groups (broad SMARTS) is 3. The summed E-state index contributed by atoms with van der Waals surface area (Å²) in [5, 5.41) is 25.8. The van der Waals surface area contributed by atoms with Crippen LogP contribution in [0.4, 0.5) is 0 Å². The Kier molecular flexibility index (Phi) is 37.6. The number of carbonyl (C=O) groups is 6. The molecule has 1 aromatic carbocycles. The minimum Gasteiger partial charge on any atom is -0.478 e. The molecule has 12 heteroatoms. The molecule has 0 atom stereocenters. The van der Waals surface area contributed by atoms with Gasteiger partial charge in [0.15, 0.2) is 0 Å². The van der Waals surface area contributed by atoms with E-state index in [1.54, 1.807) is 0 Å². The van der Waals surface area contributed by atoms with Crippen LogP contribution in [0.1, 0.15) is 206 Å². The van der Waals surface area contributed by atoms with Crippen LogP contribution in [-0.4, -0.2) is 50.9 Å². The molecular formula is C39H69N3O9. The molecule has 0 saturated carbocycles. The molecule has 9 N–H and O–H groups in total. The second-order valence-corrected chi connectivity index (χ2v) is 12.7. The zero-order chi connectivity index (χ0) is 39.3. The molecule has 0 saturated heterocycles. The zero-order valence-corrected chi connectivity index (χ0v) is 31.7. The first kappa shape index (κ1) is 51.4. The van der Waals surface area contributed by atoms with Crippen molar-refractivity contribution in [1.82, 2.24) is 0 Å². The van der Waals surface area contributed by atoms with Crippen LogP contribution in [0.3, 0.4) is 0 Å². The van der Waals surface area contributed by atoms with E-state index in [9.17, 15) is 28.8 Å². The van der Waals surface area contributed by atoms with Gasteiger partial charge in [-0.3, -0.25) is 14.4 Å². The molecule has 0 bridgehead atoms. The van der Waals surface area contributed by atoms with Crippen LogP contribution in [0, 0.1) is 0 Å². The van der Waals surface area contributed by atoms with Crippen molar-refractivity contribution >= 4 is 35.6 Å². The van der Waals surface area contributed by atoms with E-state index in [-0.39, 0.29) is 34.4 Å². The van der Waals surface area contributed by atoms with E-state index in [2.05, 4.69) is 20.8 Å². The Morgan fingerprint density at radius 3 is 0.706 bits per heavy atom. The second kappa shape index (κ2) is 37.3. The first-order chi connectivity index (χ1) is 24.2. The SMILES string of the molecule is CCCCCCCCCC(N)=O.CCCCCCCCCC(N)=O.CCCCCCCCCC(N)=O.O=C(O)c1cc(C(=O)O)cc(C(=O)O)c1. The lowest BCUT2D eigenvalue weighted by Crippen LogP contribution is -2.09. The highest BCUT2D eigenvalue weighted by Gasteiger charge is 2.14. The van der Waals surface area contributed by atoms with Gasteiger partial charge in [-0.1, -0.05) is 136 Å². The third-order valence-corrected chi connectivity index (χ3v) is 7.75. The van der Waals surface area contributed by atoms with E-state index < -0.39 is 17.9 Å². The summed E-state index contributed by atoms with van der Waals surface area (Å²) in [6.07, 6.45) is 27.7. The molecule has 3 amide bonds. The molecule has 0 unspecified atom stereocenters. The topological polar surface area (TPSA) is 241 Å². The van der Waals surface area contributed by atoms with Crippen molar-refractivity contribution in [2.75, 3.05) is 0 Å². The third kappa shape index (κ3) is 40.4. The molecule has 1 aromatic rings. The fourth-order valence-electron chi connectivity index (χ4n) is 4.77. The maximum Gasteiger partial charge on any atom is 0.335 e. The van der Waals surface area contributed by atoms with E-state index in [0.29, 0.717) is 19.3 Å². The average molecular weight is 724 g/mol. The predicted octanol–water partition coefficient (Wildman–Crippen LogP) is 8.62. The molecule has 0 fully saturated rings. The molecule has 12 nitrogen and oxygen atoms in total. The summed E-state index contributed by atoms with van der Waals surface area (Å²) in [7, 11) is 0. The number of primary amides is 3. The minimum absolute atomic E-state index is 0.163. The number of hydrogen-bond donors (Lipinski definition) is 6. The first-order valence-corrected chi connectivity index (χ1v) is 18.9. The molecule has 0 aromatic heterocycles. The van der Waals surface area contributed by atoms with Gasteiger partial charge in [-0.2, -0.15) is 0 Å². The van der Waals surface area contributed by atoms with Crippen molar-refractivity contribution in [3.8, 4) is 0 Å². The van der Waals surface area contributed by atoms with E-state index in [1.165, 1.54) is 96.3 Å². The van der Waals surface area contributed by atoms with Crippen LogP contribution in [0.2, 0.25) is 0 Å². The van der Waals surface area contributed by atoms with E-state index in [4.69, 9.17) is 32.5 Å². The Morgan fingerprint density at radius 2 is 0.549 bits per heavy atom. The number of carboxylic acids is 3. The van der Waals surface area contributed by atoms with Crippen LogP contribution >= 0.6 is 0 Å². The molecule has 0 heterocycles. The lowest BCUT2D eigenvalue weighted by molar-refractivity contribution is -0.119. The largest absolute Gasteiger partial charge is 0.478 e. The van der Waals surface area contributed by atoms with Crippen LogP contribution in [0.15, 0.2) is 18.2 Å². The summed E-state index contributed by atoms with van der Waals surface area (Å²) in [4.78, 5) is 62.8. The van der Waals surface area contributed by atoms with Gasteiger partial charge in [0.05, 0.1) is 16.7 Å². The Labute approximate surface area is 306 Å². The van der Waals surface area contributed by atoms with Gasteiger partial charge in [0.1, 0.15) is 0 Å². The summed E-state index contributed by atoms with van der Waals surface area (Å²) in [6, 6.07) is 2.70. The normalized spacial score (nSPS) is 9.94. The predicted molar refractivity (Wildman–Crippen MR) is 203 cm³/mol. The molecule has 51 heavy (non-hydrogen) atoms. The molecule has 1 rings (SSSR count). The molecule has 0 radical (unpaired) electrons. The van der Waals surface area contributed by atoms with E-state index in [1.807, 2.05) is 0 Å². The third-order valence-electron chi connectivity index (χ3n) is 7.75. The highest BCUT2D eigenvalue weighted by atomic mass is 16.4. The maximum atomic E-state index is 10.6. The Bertz CT molecular complexity index is 948. The van der Waals surface area contributed by atoms with Gasteiger partial charge in [0.25, 0.3) is 0 Å². The van der Waals surface area contributed by atoms with Crippen molar-refractivity contribution in [2.24, 2.45) is 17.2 Å². The lowest BCUT2D eigenvalue weighted by atomic mass is 10.1. The molecule has 0 aliphatic carbocycles. The van der Waals surface area contributed by atoms with Crippen LogP contribution in [0.25, 0.3) is 0 Å². The fourth-order valence-corrected chi connectivity index (χ4v) is 4.77. The maximum absolute atomic E-state index is 10.6. The highest BCUT2D eigenvalue weighted by Crippen LogP contribution is 2.12. The Morgan fingerprint density at radius 1 is 0.373 bits per heavy atom. The summed E-state index contributed by atoms with van der Waals surface area (Å²) < 4.78 is 0. The number of rotatable bonds is 27. The summed E-state index contributed by atoms with van der Waals surface area (Å²) in [6.45, 7) is 6.65. The van der Waals surface area contributed by atoms with Gasteiger partial charge in [-0.05, 0) is 37.5 Å². The molecule has 0 spiro atoms. The van der Waals surface area contributed by atoms with Crippen molar-refractivity contribution in [1.29, 1.82) is 0 Å². The van der Waals surface area contributed by atoms with Crippen LogP contribution in [0.5, 0.6) is 0 Å². The summed E-state index contributed by atoms with van der Waals surface area (Å²) in [5.74, 6) is -4.61. The van der Waals surface area contributed by atoms with Gasteiger partial charge in [-0.15, -0.1) is 0 Å². The number of aromatic carboxylic acids is 3. The van der Waals surface area contributed by atoms with Crippen molar-refractivity contribution in [3.05, 3.63) is 34.9 Å². The number of benzene rings is 1. The number of hydrogen-bond acceptors (Lipinski definition) is 6. The van der Waals surface area contributed by atoms with E-state index >= 15 is 0 Å². The Hall–Kier alpha value is -3.96. The van der Waals surface area contributed by atoms with E-state index in [0.717, 1.165) is 56.7 Å². The number of unbranched alkanes of at least 4 members (excludes halogenated alkanes) is 18.